The highest BCUT2D eigenvalue weighted by molar-refractivity contribution is 6.60. The summed E-state index contributed by atoms with van der Waals surface area (Å²) in [6, 6.07) is 0. The van der Waals surface area contributed by atoms with E-state index in [-0.39, 0.29) is 17.6 Å². The van der Waals surface area contributed by atoms with E-state index in [0.29, 0.717) is 0 Å². The van der Waals surface area contributed by atoms with E-state index in [0.717, 1.165) is 0 Å². The van der Waals surface area contributed by atoms with Crippen molar-refractivity contribution in [3.8, 4) is 0 Å². The highest BCUT2D eigenvalue weighted by atomic mass is 35.5. The van der Waals surface area contributed by atoms with E-state index in [1.807, 2.05) is 0 Å². The fraction of sp³-hybridized carbons (Fsp3) is 0.833. The molecule has 0 aliphatic rings. The molecule has 0 saturated carbocycles. The van der Waals surface area contributed by atoms with Crippen LogP contribution in [0.25, 0.3) is 0 Å². The van der Waals surface area contributed by atoms with Crippen LogP contribution in [0.15, 0.2) is 0 Å². The third kappa shape index (κ3) is 2.30. The minimum Gasteiger partial charge on any atom is -0.295 e. The van der Waals surface area contributed by atoms with Gasteiger partial charge in [-0.2, -0.15) is 0 Å². The average Bonchev–Trinajstić information content (AvgIpc) is 1.86. The smallest absolute Gasteiger partial charge is 0.183 e. The molecule has 0 atom stereocenters. The van der Waals surface area contributed by atoms with Crippen LogP contribution in [0.3, 0.4) is 0 Å². The van der Waals surface area contributed by atoms with Crippen LogP contribution in [0.5, 0.6) is 0 Å². The minimum atomic E-state index is -1.32. The molecule has 0 heterocycles. The fourth-order valence-electron chi connectivity index (χ4n) is 0.411. The molecule has 1 nitrogen and oxygen atoms in total. The minimum absolute atomic E-state index is 0.109. The molecule has 0 aromatic rings. The van der Waals surface area contributed by atoms with Crippen molar-refractivity contribution in [2.24, 2.45) is 5.92 Å². The Morgan fingerprint density at radius 2 is 1.90 bits per heavy atom. The van der Waals surface area contributed by atoms with Crippen LogP contribution in [0.2, 0.25) is 0 Å². The number of alkyl halides is 3. The fourth-order valence-corrected chi connectivity index (χ4v) is 0.892. The molecule has 0 N–H and O–H groups in total. The van der Waals surface area contributed by atoms with Gasteiger partial charge < -0.3 is 0 Å². The maximum atomic E-state index is 10.9. The number of Topliss-reactive ketones (excluding diaryl/α,β-unsaturated/α-hetero) is 1. The molecule has 0 aromatic heterocycles. The van der Waals surface area contributed by atoms with Crippen molar-refractivity contribution in [3.05, 3.63) is 0 Å². The second kappa shape index (κ2) is 3.80. The normalized spacial score (nSPS) is 12.2. The van der Waals surface area contributed by atoms with Crippen LogP contribution in [-0.2, 0) is 4.79 Å². The Kier molecular flexibility index (Phi) is 4.00. The summed E-state index contributed by atoms with van der Waals surface area (Å²) in [6.07, 6.45) is 0. The highest BCUT2D eigenvalue weighted by Crippen LogP contribution is 2.31. The number of rotatable bonds is 3. The molecular formula is C6H9Cl3O. The number of hydrogen-bond acceptors (Lipinski definition) is 1. The van der Waals surface area contributed by atoms with Gasteiger partial charge in [0.2, 0.25) is 0 Å². The first kappa shape index (κ1) is 10.5. The van der Waals surface area contributed by atoms with Crippen LogP contribution in [-0.4, -0.2) is 16.0 Å². The summed E-state index contributed by atoms with van der Waals surface area (Å²) < 4.78 is -1.32. The molecule has 0 fully saturated rings. The predicted molar refractivity (Wildman–Crippen MR) is 45.0 cm³/mol. The lowest BCUT2D eigenvalue weighted by Crippen LogP contribution is -2.32. The number of ketones is 1. The monoisotopic (exact) mass is 202 g/mol. The third-order valence-corrected chi connectivity index (χ3v) is 2.76. The second-order valence-corrected chi connectivity index (χ2v) is 3.99. The third-order valence-electron chi connectivity index (χ3n) is 1.22. The first-order valence-electron chi connectivity index (χ1n) is 2.90. The van der Waals surface area contributed by atoms with Gasteiger partial charge in [0.1, 0.15) is 0 Å². The van der Waals surface area contributed by atoms with Gasteiger partial charge in [-0.05, 0) is 5.92 Å². The predicted octanol–water partition coefficient (Wildman–Crippen LogP) is 2.62. The Morgan fingerprint density at radius 1 is 1.50 bits per heavy atom. The van der Waals surface area contributed by atoms with E-state index < -0.39 is 4.33 Å². The standard InChI is InChI=1S/C6H9Cl3O/c1-4(2)6(8,9)5(10)3-7/h4H,3H2,1-2H3. The zero-order chi connectivity index (χ0) is 8.36. The molecule has 60 valence electrons. The molecule has 0 rings (SSSR count). The quantitative estimate of drug-likeness (QED) is 0.645. The molecule has 0 aliphatic heterocycles. The van der Waals surface area contributed by atoms with E-state index in [2.05, 4.69) is 0 Å². The molecule has 0 bridgehead atoms. The van der Waals surface area contributed by atoms with Gasteiger partial charge in [-0.15, -0.1) is 11.6 Å². The van der Waals surface area contributed by atoms with Crippen molar-refractivity contribution in [2.45, 2.75) is 18.2 Å². The zero-order valence-electron chi connectivity index (χ0n) is 5.83. The van der Waals surface area contributed by atoms with Gasteiger partial charge in [-0.3, -0.25) is 4.79 Å². The van der Waals surface area contributed by atoms with Crippen molar-refractivity contribution < 1.29 is 4.79 Å². The van der Waals surface area contributed by atoms with Crippen LogP contribution in [0.1, 0.15) is 13.8 Å². The molecule has 0 saturated heterocycles. The second-order valence-electron chi connectivity index (χ2n) is 2.33. The van der Waals surface area contributed by atoms with Crippen molar-refractivity contribution in [2.75, 3.05) is 5.88 Å². The van der Waals surface area contributed by atoms with E-state index in [4.69, 9.17) is 34.8 Å². The van der Waals surface area contributed by atoms with E-state index in [1.165, 1.54) is 0 Å². The van der Waals surface area contributed by atoms with E-state index in [9.17, 15) is 4.79 Å². The van der Waals surface area contributed by atoms with Crippen LogP contribution in [0.4, 0.5) is 0 Å². The Morgan fingerprint density at radius 3 is 2.00 bits per heavy atom. The average molecular weight is 203 g/mol. The largest absolute Gasteiger partial charge is 0.295 e. The van der Waals surface area contributed by atoms with Crippen molar-refractivity contribution in [3.63, 3.8) is 0 Å². The van der Waals surface area contributed by atoms with Crippen molar-refractivity contribution in [1.82, 2.24) is 0 Å². The Bertz CT molecular complexity index is 131. The molecular weight excluding hydrogens is 194 g/mol. The summed E-state index contributed by atoms with van der Waals surface area (Å²) in [7, 11) is 0. The first-order chi connectivity index (χ1) is 4.42. The summed E-state index contributed by atoms with van der Waals surface area (Å²) in [5.41, 5.74) is 0. The SMILES string of the molecule is CC(C)C(Cl)(Cl)C(=O)CCl. The van der Waals surface area contributed by atoms with Crippen LogP contribution >= 0.6 is 34.8 Å². The molecule has 0 radical (unpaired) electrons. The molecule has 10 heavy (non-hydrogen) atoms. The molecule has 0 aliphatic carbocycles. The Balaban J connectivity index is 4.24. The highest BCUT2D eigenvalue weighted by Gasteiger charge is 2.35. The maximum Gasteiger partial charge on any atom is 0.183 e. The van der Waals surface area contributed by atoms with Gasteiger partial charge in [0, 0.05) is 0 Å². The number of carbonyl (C=O) groups excluding carboxylic acids is 1. The van der Waals surface area contributed by atoms with E-state index >= 15 is 0 Å². The van der Waals surface area contributed by atoms with E-state index in [1.54, 1.807) is 13.8 Å². The lowest BCUT2D eigenvalue weighted by atomic mass is 10.1. The van der Waals surface area contributed by atoms with Gasteiger partial charge in [0.25, 0.3) is 0 Å². The molecule has 0 aromatic carbocycles. The zero-order valence-corrected chi connectivity index (χ0v) is 8.09. The van der Waals surface area contributed by atoms with Crippen molar-refractivity contribution >= 4 is 40.6 Å². The lowest BCUT2D eigenvalue weighted by Gasteiger charge is -2.20. The Labute approximate surface area is 75.6 Å². The van der Waals surface area contributed by atoms with Gasteiger partial charge in [-0.25, -0.2) is 0 Å². The van der Waals surface area contributed by atoms with Crippen LogP contribution in [0, 0.1) is 5.92 Å². The lowest BCUT2D eigenvalue weighted by molar-refractivity contribution is -0.118. The van der Waals surface area contributed by atoms with Gasteiger partial charge in [-0.1, -0.05) is 37.0 Å². The maximum absolute atomic E-state index is 10.9. The summed E-state index contributed by atoms with van der Waals surface area (Å²) in [4.78, 5) is 10.9. The summed E-state index contributed by atoms with van der Waals surface area (Å²) in [5.74, 6) is -0.583. The summed E-state index contributed by atoms with van der Waals surface area (Å²) in [5, 5.41) is 0. The molecule has 0 spiro atoms. The van der Waals surface area contributed by atoms with Gasteiger partial charge >= 0.3 is 0 Å². The molecule has 0 amide bonds. The molecule has 0 unspecified atom stereocenters. The summed E-state index contributed by atoms with van der Waals surface area (Å²) >= 11 is 16.6. The topological polar surface area (TPSA) is 17.1 Å². The molecule has 4 heteroatoms. The number of halogens is 3. The van der Waals surface area contributed by atoms with Gasteiger partial charge in [0.05, 0.1) is 5.88 Å². The van der Waals surface area contributed by atoms with Gasteiger partial charge in [0.15, 0.2) is 10.1 Å². The number of hydrogen-bond donors (Lipinski definition) is 0. The number of carbonyl (C=O) groups is 1. The Hall–Kier alpha value is 0.540. The van der Waals surface area contributed by atoms with Crippen LogP contribution < -0.4 is 0 Å². The van der Waals surface area contributed by atoms with Crippen molar-refractivity contribution in [1.29, 1.82) is 0 Å². The first-order valence-corrected chi connectivity index (χ1v) is 4.19. The summed E-state index contributed by atoms with van der Waals surface area (Å²) in [6.45, 7) is 3.54.